The first-order valence-corrected chi connectivity index (χ1v) is 7.26. The number of nitrogens with one attached hydrogen (secondary N) is 1. The molecule has 0 saturated heterocycles. The summed E-state index contributed by atoms with van der Waals surface area (Å²) in [5.74, 6) is 0.534. The van der Waals surface area contributed by atoms with Gasteiger partial charge in [-0.3, -0.25) is 0 Å². The standard InChI is InChI=1S/C17H23N3/c1-4-14-5-7-16(8-6-14)17(13(2)3)20-11-15-9-18-12-19-10-15/h5-10,12-13,17,20H,4,11H2,1-3H3. The molecule has 0 radical (unpaired) electrons. The van der Waals surface area contributed by atoms with E-state index in [0.29, 0.717) is 12.0 Å². The van der Waals surface area contributed by atoms with Crippen LogP contribution in [0.15, 0.2) is 43.0 Å². The number of nitrogens with zero attached hydrogens (tertiary/aromatic N) is 2. The lowest BCUT2D eigenvalue weighted by atomic mass is 9.94. The number of benzene rings is 1. The summed E-state index contributed by atoms with van der Waals surface area (Å²) in [5.41, 5.74) is 3.84. The fourth-order valence-corrected chi connectivity index (χ4v) is 2.35. The number of aryl methyl sites for hydroxylation is 1. The molecule has 106 valence electrons. The van der Waals surface area contributed by atoms with Gasteiger partial charge >= 0.3 is 0 Å². The van der Waals surface area contributed by atoms with Crippen LogP contribution in [-0.2, 0) is 13.0 Å². The smallest absolute Gasteiger partial charge is 0.115 e. The predicted octanol–water partition coefficient (Wildman–Crippen LogP) is 3.53. The van der Waals surface area contributed by atoms with Gasteiger partial charge in [0, 0.05) is 30.5 Å². The molecule has 1 atom stereocenters. The molecule has 0 aliphatic carbocycles. The minimum Gasteiger partial charge on any atom is -0.306 e. The summed E-state index contributed by atoms with van der Waals surface area (Å²) < 4.78 is 0. The monoisotopic (exact) mass is 269 g/mol. The summed E-state index contributed by atoms with van der Waals surface area (Å²) in [6, 6.07) is 9.26. The molecule has 2 aromatic rings. The van der Waals surface area contributed by atoms with Crippen molar-refractivity contribution in [3.63, 3.8) is 0 Å². The Kier molecular flexibility index (Phi) is 5.24. The molecule has 1 unspecified atom stereocenters. The van der Waals surface area contributed by atoms with Gasteiger partial charge in [0.05, 0.1) is 0 Å². The lowest BCUT2D eigenvalue weighted by Crippen LogP contribution is -2.25. The van der Waals surface area contributed by atoms with Gasteiger partial charge in [0.15, 0.2) is 0 Å². The van der Waals surface area contributed by atoms with Crippen molar-refractivity contribution in [1.82, 2.24) is 15.3 Å². The number of rotatable bonds is 6. The topological polar surface area (TPSA) is 37.8 Å². The Morgan fingerprint density at radius 3 is 2.20 bits per heavy atom. The van der Waals surface area contributed by atoms with Gasteiger partial charge in [0.2, 0.25) is 0 Å². The van der Waals surface area contributed by atoms with E-state index in [1.54, 1.807) is 6.33 Å². The van der Waals surface area contributed by atoms with E-state index in [1.165, 1.54) is 11.1 Å². The Balaban J connectivity index is 2.06. The van der Waals surface area contributed by atoms with Crippen LogP contribution >= 0.6 is 0 Å². The lowest BCUT2D eigenvalue weighted by Gasteiger charge is -2.23. The van der Waals surface area contributed by atoms with Crippen LogP contribution in [0.2, 0.25) is 0 Å². The zero-order valence-corrected chi connectivity index (χ0v) is 12.5. The molecule has 20 heavy (non-hydrogen) atoms. The zero-order valence-electron chi connectivity index (χ0n) is 12.5. The molecule has 1 aromatic heterocycles. The highest BCUT2D eigenvalue weighted by molar-refractivity contribution is 5.25. The molecule has 1 aromatic carbocycles. The van der Waals surface area contributed by atoms with Gasteiger partial charge in [-0.2, -0.15) is 0 Å². The summed E-state index contributed by atoms with van der Waals surface area (Å²) >= 11 is 0. The van der Waals surface area contributed by atoms with E-state index >= 15 is 0 Å². The highest BCUT2D eigenvalue weighted by atomic mass is 14.9. The van der Waals surface area contributed by atoms with Gasteiger partial charge < -0.3 is 5.32 Å². The Morgan fingerprint density at radius 2 is 1.65 bits per heavy atom. The minimum absolute atomic E-state index is 0.348. The van der Waals surface area contributed by atoms with E-state index in [1.807, 2.05) is 12.4 Å². The molecule has 0 spiro atoms. The zero-order chi connectivity index (χ0) is 14.4. The van der Waals surface area contributed by atoms with Gasteiger partial charge in [0.1, 0.15) is 6.33 Å². The summed E-state index contributed by atoms with van der Waals surface area (Å²) in [7, 11) is 0. The first-order chi connectivity index (χ1) is 9.70. The summed E-state index contributed by atoms with van der Waals surface area (Å²) in [6.07, 6.45) is 6.36. The maximum Gasteiger partial charge on any atom is 0.115 e. The fraction of sp³-hybridized carbons (Fsp3) is 0.412. The molecule has 0 amide bonds. The second kappa shape index (κ2) is 7.15. The Bertz CT molecular complexity index is 506. The average Bonchev–Trinajstić information content (AvgIpc) is 2.49. The first-order valence-electron chi connectivity index (χ1n) is 7.26. The molecule has 0 aliphatic heterocycles. The third kappa shape index (κ3) is 3.87. The fourth-order valence-electron chi connectivity index (χ4n) is 2.35. The Hall–Kier alpha value is -1.74. The molecule has 0 aliphatic rings. The van der Waals surface area contributed by atoms with Crippen molar-refractivity contribution in [1.29, 1.82) is 0 Å². The SMILES string of the molecule is CCc1ccc(C(NCc2cncnc2)C(C)C)cc1. The largest absolute Gasteiger partial charge is 0.306 e. The van der Waals surface area contributed by atoms with Crippen LogP contribution in [0, 0.1) is 5.92 Å². The van der Waals surface area contributed by atoms with Crippen molar-refractivity contribution < 1.29 is 0 Å². The second-order valence-corrected chi connectivity index (χ2v) is 5.44. The van der Waals surface area contributed by atoms with Crippen molar-refractivity contribution in [2.75, 3.05) is 0 Å². The van der Waals surface area contributed by atoms with Crippen LogP contribution in [-0.4, -0.2) is 9.97 Å². The van der Waals surface area contributed by atoms with Crippen molar-refractivity contribution in [3.05, 3.63) is 59.7 Å². The van der Waals surface area contributed by atoms with Crippen LogP contribution < -0.4 is 5.32 Å². The molecule has 0 saturated carbocycles. The van der Waals surface area contributed by atoms with Crippen LogP contribution in [0.5, 0.6) is 0 Å². The molecule has 1 N–H and O–H groups in total. The number of hydrogen-bond acceptors (Lipinski definition) is 3. The van der Waals surface area contributed by atoms with E-state index in [4.69, 9.17) is 0 Å². The van der Waals surface area contributed by atoms with E-state index in [9.17, 15) is 0 Å². The number of hydrogen-bond donors (Lipinski definition) is 1. The summed E-state index contributed by atoms with van der Waals surface area (Å²) in [5, 5.41) is 3.61. The first kappa shape index (κ1) is 14.7. The quantitative estimate of drug-likeness (QED) is 0.872. The van der Waals surface area contributed by atoms with Gasteiger partial charge in [-0.25, -0.2) is 9.97 Å². The maximum atomic E-state index is 4.05. The molecular weight excluding hydrogens is 246 g/mol. The molecule has 0 bridgehead atoms. The summed E-state index contributed by atoms with van der Waals surface area (Å²) in [6.45, 7) is 7.46. The van der Waals surface area contributed by atoms with Gasteiger partial charge in [0.25, 0.3) is 0 Å². The number of aromatic nitrogens is 2. The van der Waals surface area contributed by atoms with E-state index in [-0.39, 0.29) is 0 Å². The Labute approximate surface area is 121 Å². The van der Waals surface area contributed by atoms with E-state index < -0.39 is 0 Å². The van der Waals surface area contributed by atoms with Gasteiger partial charge in [-0.05, 0) is 23.5 Å². The third-order valence-electron chi connectivity index (χ3n) is 3.55. The maximum absolute atomic E-state index is 4.05. The normalized spacial score (nSPS) is 12.6. The lowest BCUT2D eigenvalue weighted by molar-refractivity contribution is 0.410. The van der Waals surface area contributed by atoms with Crippen LogP contribution in [0.1, 0.15) is 43.5 Å². The van der Waals surface area contributed by atoms with E-state index in [2.05, 4.69) is 60.3 Å². The minimum atomic E-state index is 0.348. The summed E-state index contributed by atoms with van der Waals surface area (Å²) in [4.78, 5) is 8.10. The van der Waals surface area contributed by atoms with Crippen molar-refractivity contribution >= 4 is 0 Å². The molecule has 2 rings (SSSR count). The highest BCUT2D eigenvalue weighted by Crippen LogP contribution is 2.22. The Morgan fingerprint density at radius 1 is 1.00 bits per heavy atom. The second-order valence-electron chi connectivity index (χ2n) is 5.44. The molecule has 1 heterocycles. The highest BCUT2D eigenvalue weighted by Gasteiger charge is 2.15. The third-order valence-corrected chi connectivity index (χ3v) is 3.55. The van der Waals surface area contributed by atoms with Crippen LogP contribution in [0.25, 0.3) is 0 Å². The van der Waals surface area contributed by atoms with Crippen LogP contribution in [0.3, 0.4) is 0 Å². The van der Waals surface area contributed by atoms with E-state index in [0.717, 1.165) is 18.5 Å². The van der Waals surface area contributed by atoms with Crippen molar-refractivity contribution in [2.45, 2.75) is 39.8 Å². The predicted molar refractivity (Wildman–Crippen MR) is 82.3 cm³/mol. The molecular formula is C17H23N3. The average molecular weight is 269 g/mol. The van der Waals surface area contributed by atoms with Crippen molar-refractivity contribution in [2.24, 2.45) is 5.92 Å². The van der Waals surface area contributed by atoms with Crippen molar-refractivity contribution in [3.8, 4) is 0 Å². The molecule has 0 fully saturated rings. The van der Waals surface area contributed by atoms with Gasteiger partial charge in [-0.15, -0.1) is 0 Å². The molecule has 3 nitrogen and oxygen atoms in total. The van der Waals surface area contributed by atoms with Gasteiger partial charge in [-0.1, -0.05) is 45.0 Å². The molecule has 3 heteroatoms. The van der Waals surface area contributed by atoms with Crippen LogP contribution in [0.4, 0.5) is 0 Å².